The first-order chi connectivity index (χ1) is 16.5. The standard InChI is InChI=1S/C24H22N10/c1-13(2)28-16-8-15(9-25-10-16)17-4-5-18-20(29-17)22(33-32-18)24-30-21-19(6-7-26-23(21)31-24)34-11-14(3)27-12-34/h4-13,28H,1-3H3,(H,32,33)(H,26,30,31). The van der Waals surface area contributed by atoms with E-state index in [-0.39, 0.29) is 0 Å². The number of aryl methyl sites for hydroxylation is 1. The normalized spacial score (nSPS) is 11.6. The van der Waals surface area contributed by atoms with Crippen LogP contribution in [-0.4, -0.2) is 50.7 Å². The number of hydrogen-bond acceptors (Lipinski definition) is 7. The Hall–Kier alpha value is -4.60. The van der Waals surface area contributed by atoms with Crippen molar-refractivity contribution in [2.75, 3.05) is 5.32 Å². The molecule has 0 amide bonds. The number of imidazole rings is 2. The average molecular weight is 451 g/mol. The molecule has 0 saturated carbocycles. The van der Waals surface area contributed by atoms with Crippen molar-refractivity contribution in [3.8, 4) is 28.5 Å². The Bertz CT molecular complexity index is 1640. The van der Waals surface area contributed by atoms with Crippen LogP contribution in [0, 0.1) is 6.92 Å². The summed E-state index contributed by atoms with van der Waals surface area (Å²) in [4.78, 5) is 26.1. The van der Waals surface area contributed by atoms with Gasteiger partial charge in [0.25, 0.3) is 0 Å². The van der Waals surface area contributed by atoms with Crippen LogP contribution in [0.15, 0.2) is 55.4 Å². The summed E-state index contributed by atoms with van der Waals surface area (Å²) < 4.78 is 1.95. The molecule has 0 unspecified atom stereocenters. The number of fused-ring (bicyclic) bond motifs is 2. The van der Waals surface area contributed by atoms with Crippen LogP contribution in [0.2, 0.25) is 0 Å². The Labute approximate surface area is 194 Å². The molecule has 0 atom stereocenters. The van der Waals surface area contributed by atoms with Gasteiger partial charge in [0.05, 0.1) is 34.6 Å². The third-order valence-corrected chi connectivity index (χ3v) is 5.48. The summed E-state index contributed by atoms with van der Waals surface area (Å²) in [6.45, 7) is 6.14. The van der Waals surface area contributed by atoms with Gasteiger partial charge in [-0.3, -0.25) is 10.1 Å². The third-order valence-electron chi connectivity index (χ3n) is 5.48. The van der Waals surface area contributed by atoms with Gasteiger partial charge in [0.2, 0.25) is 0 Å². The number of aromatic amines is 2. The molecule has 34 heavy (non-hydrogen) atoms. The molecule has 0 aromatic carbocycles. The summed E-state index contributed by atoms with van der Waals surface area (Å²) in [5.74, 6) is 0.594. The second kappa shape index (κ2) is 7.77. The second-order valence-electron chi connectivity index (χ2n) is 8.46. The molecule has 0 bridgehead atoms. The Balaban J connectivity index is 1.45. The van der Waals surface area contributed by atoms with Crippen molar-refractivity contribution in [3.05, 3.63) is 61.1 Å². The van der Waals surface area contributed by atoms with Crippen LogP contribution in [0.4, 0.5) is 5.69 Å². The fourth-order valence-electron chi connectivity index (χ4n) is 4.00. The van der Waals surface area contributed by atoms with Crippen LogP contribution < -0.4 is 5.32 Å². The van der Waals surface area contributed by atoms with Gasteiger partial charge < -0.3 is 14.9 Å². The highest BCUT2D eigenvalue weighted by Gasteiger charge is 2.17. The summed E-state index contributed by atoms with van der Waals surface area (Å²) in [7, 11) is 0. The van der Waals surface area contributed by atoms with Crippen molar-refractivity contribution < 1.29 is 0 Å². The lowest BCUT2D eigenvalue weighted by Gasteiger charge is -2.10. The smallest absolute Gasteiger partial charge is 0.180 e. The molecule has 6 aromatic rings. The molecule has 6 aromatic heterocycles. The van der Waals surface area contributed by atoms with E-state index in [1.165, 1.54) is 0 Å². The zero-order chi connectivity index (χ0) is 23.2. The molecular formula is C24H22N10. The number of pyridine rings is 3. The second-order valence-corrected chi connectivity index (χ2v) is 8.46. The van der Waals surface area contributed by atoms with Crippen molar-refractivity contribution in [2.24, 2.45) is 0 Å². The SMILES string of the molecule is Cc1cn(-c2ccnc3nc(-c4n[nH]c5ccc(-c6cncc(NC(C)C)c6)nc45)[nH]c23)cn1. The minimum Gasteiger partial charge on any atom is -0.382 e. The maximum atomic E-state index is 4.90. The molecule has 10 heteroatoms. The molecule has 0 fully saturated rings. The lowest BCUT2D eigenvalue weighted by atomic mass is 10.1. The molecule has 168 valence electrons. The van der Waals surface area contributed by atoms with Gasteiger partial charge in [0.1, 0.15) is 11.0 Å². The summed E-state index contributed by atoms with van der Waals surface area (Å²) in [5.41, 5.74) is 8.10. The van der Waals surface area contributed by atoms with Crippen LogP contribution in [0.25, 0.3) is 50.7 Å². The van der Waals surface area contributed by atoms with Crippen LogP contribution in [0.5, 0.6) is 0 Å². The van der Waals surface area contributed by atoms with E-state index in [4.69, 9.17) is 9.97 Å². The fourth-order valence-corrected chi connectivity index (χ4v) is 4.00. The van der Waals surface area contributed by atoms with Gasteiger partial charge in [-0.15, -0.1) is 0 Å². The summed E-state index contributed by atoms with van der Waals surface area (Å²) in [5, 5.41) is 10.9. The Kier molecular flexibility index (Phi) is 4.58. The van der Waals surface area contributed by atoms with Gasteiger partial charge in [-0.25, -0.2) is 19.9 Å². The van der Waals surface area contributed by atoms with E-state index < -0.39 is 0 Å². The molecule has 0 aliphatic carbocycles. The summed E-state index contributed by atoms with van der Waals surface area (Å²) >= 11 is 0. The highest BCUT2D eigenvalue weighted by Crippen LogP contribution is 2.29. The van der Waals surface area contributed by atoms with Crippen LogP contribution in [-0.2, 0) is 0 Å². The van der Waals surface area contributed by atoms with Crippen LogP contribution >= 0.6 is 0 Å². The molecule has 6 rings (SSSR count). The molecule has 6 heterocycles. The molecule has 0 aliphatic rings. The minimum atomic E-state index is 0.311. The average Bonchev–Trinajstić information content (AvgIpc) is 3.55. The first kappa shape index (κ1) is 20.0. The summed E-state index contributed by atoms with van der Waals surface area (Å²) in [6, 6.07) is 8.21. The van der Waals surface area contributed by atoms with E-state index >= 15 is 0 Å². The maximum absolute atomic E-state index is 4.90. The van der Waals surface area contributed by atoms with Gasteiger partial charge in [0.15, 0.2) is 17.2 Å². The topological polar surface area (TPSA) is 126 Å². The number of aromatic nitrogens is 9. The number of H-pyrrole nitrogens is 2. The molecule has 0 radical (unpaired) electrons. The first-order valence-corrected chi connectivity index (χ1v) is 11.0. The van der Waals surface area contributed by atoms with E-state index in [2.05, 4.69) is 49.3 Å². The zero-order valence-electron chi connectivity index (χ0n) is 18.9. The number of nitrogens with one attached hydrogen (secondary N) is 3. The lowest BCUT2D eigenvalue weighted by molar-refractivity contribution is 0.898. The summed E-state index contributed by atoms with van der Waals surface area (Å²) in [6.07, 6.45) is 9.10. The molecule has 0 aliphatic heterocycles. The van der Waals surface area contributed by atoms with Gasteiger partial charge in [-0.05, 0) is 45.0 Å². The molecule has 3 N–H and O–H groups in total. The largest absolute Gasteiger partial charge is 0.382 e. The van der Waals surface area contributed by atoms with Gasteiger partial charge in [-0.1, -0.05) is 0 Å². The van der Waals surface area contributed by atoms with E-state index in [0.717, 1.165) is 44.9 Å². The predicted molar refractivity (Wildman–Crippen MR) is 131 cm³/mol. The zero-order valence-corrected chi connectivity index (χ0v) is 18.9. The molecular weight excluding hydrogens is 428 g/mol. The van der Waals surface area contributed by atoms with Crippen molar-refractivity contribution in [1.29, 1.82) is 0 Å². The maximum Gasteiger partial charge on any atom is 0.180 e. The molecule has 10 nitrogen and oxygen atoms in total. The van der Waals surface area contributed by atoms with Crippen molar-refractivity contribution in [3.63, 3.8) is 0 Å². The van der Waals surface area contributed by atoms with Crippen LogP contribution in [0.1, 0.15) is 19.5 Å². The van der Waals surface area contributed by atoms with Crippen molar-refractivity contribution >= 4 is 27.9 Å². The fraction of sp³-hybridized carbons (Fsp3) is 0.167. The Morgan fingerprint density at radius 2 is 1.97 bits per heavy atom. The quantitative estimate of drug-likeness (QED) is 0.358. The van der Waals surface area contributed by atoms with E-state index in [9.17, 15) is 0 Å². The Morgan fingerprint density at radius 3 is 2.79 bits per heavy atom. The lowest BCUT2D eigenvalue weighted by Crippen LogP contribution is -2.09. The van der Waals surface area contributed by atoms with Gasteiger partial charge in [-0.2, -0.15) is 5.10 Å². The number of hydrogen-bond donors (Lipinski definition) is 3. The predicted octanol–water partition coefficient (Wildman–Crippen LogP) is 4.27. The highest BCUT2D eigenvalue weighted by atomic mass is 15.2. The minimum absolute atomic E-state index is 0.311. The number of nitrogens with zero attached hydrogens (tertiary/aromatic N) is 7. The Morgan fingerprint density at radius 1 is 1.06 bits per heavy atom. The van der Waals surface area contributed by atoms with Crippen molar-refractivity contribution in [2.45, 2.75) is 26.8 Å². The van der Waals surface area contributed by atoms with Crippen molar-refractivity contribution in [1.82, 2.24) is 44.7 Å². The molecule has 0 spiro atoms. The number of anilines is 1. The van der Waals surface area contributed by atoms with Gasteiger partial charge in [0, 0.05) is 36.4 Å². The highest BCUT2D eigenvalue weighted by molar-refractivity contribution is 5.92. The first-order valence-electron chi connectivity index (χ1n) is 11.0. The van der Waals surface area contributed by atoms with E-state index in [1.54, 1.807) is 12.5 Å². The number of rotatable bonds is 5. The van der Waals surface area contributed by atoms with Crippen LogP contribution in [0.3, 0.4) is 0 Å². The third kappa shape index (κ3) is 3.45. The van der Waals surface area contributed by atoms with Gasteiger partial charge >= 0.3 is 0 Å². The van der Waals surface area contributed by atoms with E-state index in [1.807, 2.05) is 54.3 Å². The monoisotopic (exact) mass is 450 g/mol. The van der Waals surface area contributed by atoms with E-state index in [0.29, 0.717) is 23.2 Å². The molecule has 0 saturated heterocycles.